The van der Waals surface area contributed by atoms with Gasteiger partial charge in [-0.15, -0.1) is 11.3 Å². The van der Waals surface area contributed by atoms with Crippen LogP contribution < -0.4 is 16.4 Å². The summed E-state index contributed by atoms with van der Waals surface area (Å²) in [6.45, 7) is -0.0612. The molecule has 0 fully saturated rings. The number of sulfonamides is 1. The van der Waals surface area contributed by atoms with Gasteiger partial charge >= 0.3 is 0 Å². The number of ketones is 1. The van der Waals surface area contributed by atoms with E-state index in [0.29, 0.717) is 13.0 Å². The second kappa shape index (κ2) is 12.5. The van der Waals surface area contributed by atoms with Crippen LogP contribution >= 0.6 is 11.3 Å². The molecule has 0 bridgehead atoms. The summed E-state index contributed by atoms with van der Waals surface area (Å²) in [4.78, 5) is 44.3. The second-order valence-corrected chi connectivity index (χ2v) is 11.1. The summed E-state index contributed by atoms with van der Waals surface area (Å²) in [7, 11) is -3.74. The molecule has 1 aliphatic heterocycles. The number of nitrogens with one attached hydrogen (secondary N) is 3. The molecule has 0 spiro atoms. The van der Waals surface area contributed by atoms with E-state index in [9.17, 15) is 22.8 Å². The first-order valence-electron chi connectivity index (χ1n) is 11.4. The van der Waals surface area contributed by atoms with E-state index < -0.39 is 40.5 Å². The normalized spacial score (nSPS) is 16.4. The fourth-order valence-corrected chi connectivity index (χ4v) is 5.33. The number of hydrogen-bond donors (Lipinski definition) is 4. The summed E-state index contributed by atoms with van der Waals surface area (Å²) < 4.78 is 25.6. The molecule has 2 atom stereocenters. The van der Waals surface area contributed by atoms with Crippen LogP contribution in [0.15, 0.2) is 54.3 Å². The van der Waals surface area contributed by atoms with Gasteiger partial charge in [0, 0.05) is 36.9 Å². The SMILES string of the molecule is CS(=O)(=O)N1C=CN(CC(=O)N[C@@H](CCCNC(=N)N)C(=O)c2nccs2)C(=O)[C@H]1Cc1ccccc1. The number of carbonyl (C=O) groups excluding carboxylic acids is 3. The van der Waals surface area contributed by atoms with Gasteiger partial charge < -0.3 is 21.3 Å². The van der Waals surface area contributed by atoms with Gasteiger partial charge in [-0.2, -0.15) is 0 Å². The molecule has 14 heteroatoms. The molecule has 198 valence electrons. The van der Waals surface area contributed by atoms with Gasteiger partial charge in [0.05, 0.1) is 12.3 Å². The highest BCUT2D eigenvalue weighted by Gasteiger charge is 2.37. The molecule has 0 saturated heterocycles. The fourth-order valence-electron chi connectivity index (χ4n) is 3.80. The topological polar surface area (TPSA) is 179 Å². The first-order valence-corrected chi connectivity index (χ1v) is 14.1. The van der Waals surface area contributed by atoms with E-state index in [0.717, 1.165) is 32.4 Å². The van der Waals surface area contributed by atoms with E-state index in [1.807, 2.05) is 6.07 Å². The molecule has 0 radical (unpaired) electrons. The highest BCUT2D eigenvalue weighted by Crippen LogP contribution is 2.20. The Balaban J connectivity index is 1.72. The Kier molecular flexibility index (Phi) is 9.36. The van der Waals surface area contributed by atoms with Crippen LogP contribution in [-0.2, 0) is 26.0 Å². The Morgan fingerprint density at radius 3 is 2.59 bits per heavy atom. The number of hydrogen-bond acceptors (Lipinski definition) is 8. The summed E-state index contributed by atoms with van der Waals surface area (Å²) in [5.74, 6) is -1.70. The number of amides is 2. The predicted molar refractivity (Wildman–Crippen MR) is 139 cm³/mol. The van der Waals surface area contributed by atoms with Gasteiger partial charge in [0.1, 0.15) is 12.6 Å². The monoisotopic (exact) mass is 547 g/mol. The molecule has 0 saturated carbocycles. The van der Waals surface area contributed by atoms with Crippen molar-refractivity contribution in [3.05, 3.63) is 64.9 Å². The number of nitrogens with two attached hydrogens (primary N) is 1. The fraction of sp³-hybridized carbons (Fsp3) is 0.348. The van der Waals surface area contributed by atoms with E-state index in [1.54, 1.807) is 29.6 Å². The lowest BCUT2D eigenvalue weighted by atomic mass is 10.0. The Morgan fingerprint density at radius 1 is 1.24 bits per heavy atom. The number of aromatic nitrogens is 1. The lowest BCUT2D eigenvalue weighted by molar-refractivity contribution is -0.137. The zero-order chi connectivity index (χ0) is 27.0. The highest BCUT2D eigenvalue weighted by atomic mass is 32.2. The molecule has 12 nitrogen and oxygen atoms in total. The number of benzene rings is 1. The van der Waals surface area contributed by atoms with Crippen LogP contribution in [0.2, 0.25) is 0 Å². The van der Waals surface area contributed by atoms with Crippen molar-refractivity contribution in [2.24, 2.45) is 5.73 Å². The average Bonchev–Trinajstić information content (AvgIpc) is 3.38. The van der Waals surface area contributed by atoms with Crippen LogP contribution in [0.4, 0.5) is 0 Å². The van der Waals surface area contributed by atoms with Crippen LogP contribution in [0.25, 0.3) is 0 Å². The average molecular weight is 548 g/mol. The van der Waals surface area contributed by atoms with Crippen LogP contribution in [0.5, 0.6) is 0 Å². The summed E-state index contributed by atoms with van der Waals surface area (Å²) in [5, 5.41) is 14.4. The van der Waals surface area contributed by atoms with Gasteiger partial charge in [-0.3, -0.25) is 24.1 Å². The van der Waals surface area contributed by atoms with E-state index >= 15 is 0 Å². The van der Waals surface area contributed by atoms with Crippen LogP contribution in [0.1, 0.15) is 28.2 Å². The third-order valence-corrected chi connectivity index (χ3v) is 7.45. The minimum Gasteiger partial charge on any atom is -0.370 e. The summed E-state index contributed by atoms with van der Waals surface area (Å²) in [6, 6.07) is 7.03. The van der Waals surface area contributed by atoms with Crippen molar-refractivity contribution < 1.29 is 22.8 Å². The highest BCUT2D eigenvalue weighted by molar-refractivity contribution is 7.88. The lowest BCUT2D eigenvalue weighted by Gasteiger charge is -2.35. The zero-order valence-corrected chi connectivity index (χ0v) is 21.8. The molecule has 3 rings (SSSR count). The first kappa shape index (κ1) is 27.8. The molecule has 0 aliphatic carbocycles. The minimum atomic E-state index is -3.74. The molecular formula is C23H29N7O5S2. The number of Topliss-reactive ketones (excluding diaryl/α,β-unsaturated/α-hetero) is 1. The zero-order valence-electron chi connectivity index (χ0n) is 20.2. The maximum Gasteiger partial charge on any atom is 0.251 e. The van der Waals surface area contributed by atoms with E-state index in [2.05, 4.69) is 15.6 Å². The van der Waals surface area contributed by atoms with Crippen LogP contribution in [-0.4, -0.2) is 77.6 Å². The first-order chi connectivity index (χ1) is 17.6. The second-order valence-electron chi connectivity index (χ2n) is 8.37. The number of carbonyl (C=O) groups is 3. The van der Waals surface area contributed by atoms with Gasteiger partial charge in [-0.05, 0) is 18.4 Å². The number of thiazole rings is 1. The molecule has 0 unspecified atom stereocenters. The van der Waals surface area contributed by atoms with Crippen molar-refractivity contribution in [1.82, 2.24) is 24.8 Å². The maximum atomic E-state index is 13.3. The molecule has 1 aliphatic rings. The summed E-state index contributed by atoms with van der Waals surface area (Å²) in [6.07, 6.45) is 5.84. The number of rotatable bonds is 12. The number of nitrogens with zero attached hydrogens (tertiary/aromatic N) is 3. The number of guanidine groups is 1. The molecule has 1 aromatic heterocycles. The third kappa shape index (κ3) is 7.85. The molecular weight excluding hydrogens is 518 g/mol. The van der Waals surface area contributed by atoms with Gasteiger partial charge in [0.15, 0.2) is 11.0 Å². The van der Waals surface area contributed by atoms with E-state index in [-0.39, 0.29) is 29.6 Å². The van der Waals surface area contributed by atoms with Gasteiger partial charge in [-0.25, -0.2) is 13.4 Å². The smallest absolute Gasteiger partial charge is 0.251 e. The summed E-state index contributed by atoms with van der Waals surface area (Å²) in [5.41, 5.74) is 6.05. The van der Waals surface area contributed by atoms with Crippen molar-refractivity contribution in [2.45, 2.75) is 31.3 Å². The van der Waals surface area contributed by atoms with Gasteiger partial charge in [0.25, 0.3) is 5.91 Å². The predicted octanol–water partition coefficient (Wildman–Crippen LogP) is 0.260. The molecule has 5 N–H and O–H groups in total. The Labute approximate surface area is 219 Å². The van der Waals surface area contributed by atoms with Crippen LogP contribution in [0.3, 0.4) is 0 Å². The summed E-state index contributed by atoms with van der Waals surface area (Å²) >= 11 is 1.15. The van der Waals surface area contributed by atoms with Crippen molar-refractivity contribution >= 4 is 44.9 Å². The maximum absolute atomic E-state index is 13.3. The van der Waals surface area contributed by atoms with Crippen molar-refractivity contribution in [3.8, 4) is 0 Å². The Hall–Kier alpha value is -3.78. The third-order valence-electron chi connectivity index (χ3n) is 5.52. The van der Waals surface area contributed by atoms with Crippen LogP contribution in [0, 0.1) is 5.41 Å². The molecule has 2 aromatic rings. The molecule has 1 aromatic carbocycles. The minimum absolute atomic E-state index is 0.128. The van der Waals surface area contributed by atoms with Gasteiger partial charge in [-0.1, -0.05) is 30.3 Å². The quantitative estimate of drug-likeness (QED) is 0.126. The molecule has 2 heterocycles. The van der Waals surface area contributed by atoms with E-state index in [1.165, 1.54) is 18.6 Å². The standard InChI is InChI=1S/C23H29N7O5S2/c1-37(34,35)30-12-11-29(22(33)18(30)14-16-6-3-2-4-7-16)15-19(31)28-17(8-5-9-27-23(24)25)20(32)21-26-10-13-36-21/h2-4,6-7,10-13,17-18H,5,8-9,14-15H2,1H3,(H,28,31)(H4,24,25,27)/t17-,18+/m0/s1. The lowest BCUT2D eigenvalue weighted by Crippen LogP contribution is -2.54. The molecule has 37 heavy (non-hydrogen) atoms. The Morgan fingerprint density at radius 2 is 1.97 bits per heavy atom. The van der Waals surface area contributed by atoms with Crippen molar-refractivity contribution in [1.29, 1.82) is 5.41 Å². The van der Waals surface area contributed by atoms with Gasteiger partial charge in [0.2, 0.25) is 21.7 Å². The van der Waals surface area contributed by atoms with Crippen molar-refractivity contribution in [2.75, 3.05) is 19.3 Å². The largest absolute Gasteiger partial charge is 0.370 e. The molecule has 2 amide bonds. The Bertz CT molecular complexity index is 1250. The van der Waals surface area contributed by atoms with Crippen molar-refractivity contribution in [3.63, 3.8) is 0 Å². The van der Waals surface area contributed by atoms with E-state index in [4.69, 9.17) is 11.1 Å².